The molecule has 88 valence electrons. The Kier molecular flexibility index (Phi) is 2.91. The number of likely N-dealkylation sites (tertiary alicyclic amines) is 1. The SMILES string of the molecule is CN1C(=O)CC(NC(=O)C2CCCN2)C1=O. The van der Waals surface area contributed by atoms with E-state index in [0.717, 1.165) is 24.3 Å². The smallest absolute Gasteiger partial charge is 0.252 e. The fourth-order valence-corrected chi connectivity index (χ4v) is 2.05. The Bertz CT molecular complexity index is 336. The van der Waals surface area contributed by atoms with Crippen LogP contribution in [0.5, 0.6) is 0 Å². The highest BCUT2D eigenvalue weighted by Gasteiger charge is 2.38. The molecular formula is C10H15N3O3. The van der Waals surface area contributed by atoms with Crippen molar-refractivity contribution in [3.05, 3.63) is 0 Å². The van der Waals surface area contributed by atoms with Gasteiger partial charge in [-0.25, -0.2) is 0 Å². The van der Waals surface area contributed by atoms with Crippen LogP contribution < -0.4 is 10.6 Å². The van der Waals surface area contributed by atoms with E-state index in [1.807, 2.05) is 0 Å². The number of likely N-dealkylation sites (N-methyl/N-ethyl adjacent to an activating group) is 1. The number of carbonyl (C=O) groups excluding carboxylic acids is 3. The maximum Gasteiger partial charge on any atom is 0.252 e. The van der Waals surface area contributed by atoms with Gasteiger partial charge in [-0.1, -0.05) is 0 Å². The van der Waals surface area contributed by atoms with E-state index in [1.165, 1.54) is 7.05 Å². The Balaban J connectivity index is 1.92. The van der Waals surface area contributed by atoms with Crippen molar-refractivity contribution in [3.63, 3.8) is 0 Å². The molecule has 2 N–H and O–H groups in total. The van der Waals surface area contributed by atoms with E-state index >= 15 is 0 Å². The van der Waals surface area contributed by atoms with Crippen molar-refractivity contribution in [2.75, 3.05) is 13.6 Å². The second kappa shape index (κ2) is 4.21. The van der Waals surface area contributed by atoms with Crippen molar-refractivity contribution < 1.29 is 14.4 Å². The summed E-state index contributed by atoms with van der Waals surface area (Å²) in [5.74, 6) is -0.745. The van der Waals surface area contributed by atoms with Crippen LogP contribution in [0.4, 0.5) is 0 Å². The maximum absolute atomic E-state index is 11.7. The normalized spacial score (nSPS) is 29.9. The number of imide groups is 1. The zero-order valence-electron chi connectivity index (χ0n) is 9.16. The quantitative estimate of drug-likeness (QED) is 0.567. The molecule has 0 aromatic carbocycles. The Hall–Kier alpha value is -1.43. The lowest BCUT2D eigenvalue weighted by Crippen LogP contribution is -2.47. The minimum Gasteiger partial charge on any atom is -0.342 e. The van der Waals surface area contributed by atoms with Crippen LogP contribution in [0.2, 0.25) is 0 Å². The number of nitrogens with one attached hydrogen (secondary N) is 2. The van der Waals surface area contributed by atoms with E-state index in [2.05, 4.69) is 10.6 Å². The zero-order chi connectivity index (χ0) is 11.7. The highest BCUT2D eigenvalue weighted by atomic mass is 16.2. The first-order chi connectivity index (χ1) is 7.59. The molecule has 0 aromatic rings. The van der Waals surface area contributed by atoms with E-state index in [0.29, 0.717) is 0 Å². The molecule has 3 amide bonds. The molecule has 0 saturated carbocycles. The summed E-state index contributed by atoms with van der Waals surface area (Å²) in [6.07, 6.45) is 1.83. The van der Waals surface area contributed by atoms with Gasteiger partial charge in [-0.2, -0.15) is 0 Å². The molecule has 0 bridgehead atoms. The molecule has 2 rings (SSSR count). The number of amides is 3. The summed E-state index contributed by atoms with van der Waals surface area (Å²) < 4.78 is 0. The van der Waals surface area contributed by atoms with Crippen LogP contribution in [-0.2, 0) is 14.4 Å². The van der Waals surface area contributed by atoms with Gasteiger partial charge in [-0.3, -0.25) is 19.3 Å². The van der Waals surface area contributed by atoms with Crippen LogP contribution in [0.25, 0.3) is 0 Å². The molecule has 6 nitrogen and oxygen atoms in total. The van der Waals surface area contributed by atoms with Gasteiger partial charge in [0.25, 0.3) is 5.91 Å². The zero-order valence-corrected chi connectivity index (χ0v) is 9.16. The van der Waals surface area contributed by atoms with Gasteiger partial charge in [0.15, 0.2) is 0 Å². The molecule has 2 atom stereocenters. The summed E-state index contributed by atoms with van der Waals surface area (Å²) >= 11 is 0. The van der Waals surface area contributed by atoms with Crippen molar-refractivity contribution >= 4 is 17.7 Å². The molecule has 0 aromatic heterocycles. The van der Waals surface area contributed by atoms with Gasteiger partial charge in [-0.15, -0.1) is 0 Å². The van der Waals surface area contributed by atoms with Crippen LogP contribution >= 0.6 is 0 Å². The van der Waals surface area contributed by atoms with E-state index in [1.54, 1.807) is 0 Å². The molecule has 2 fully saturated rings. The molecule has 2 saturated heterocycles. The van der Waals surface area contributed by atoms with Crippen LogP contribution in [0.1, 0.15) is 19.3 Å². The standard InChI is InChI=1S/C10H15N3O3/c1-13-8(14)5-7(10(13)16)12-9(15)6-3-2-4-11-6/h6-7,11H,2-5H2,1H3,(H,12,15). The molecule has 6 heteroatoms. The van der Waals surface area contributed by atoms with Gasteiger partial charge >= 0.3 is 0 Å². The van der Waals surface area contributed by atoms with Crippen LogP contribution in [-0.4, -0.2) is 48.3 Å². The average Bonchev–Trinajstić information content (AvgIpc) is 2.85. The summed E-state index contributed by atoms with van der Waals surface area (Å²) in [6.45, 7) is 0.829. The topological polar surface area (TPSA) is 78.5 Å². The van der Waals surface area contributed by atoms with Crippen molar-refractivity contribution in [1.82, 2.24) is 15.5 Å². The molecule has 2 heterocycles. The Morgan fingerprint density at radius 3 is 2.75 bits per heavy atom. The second-order valence-corrected chi connectivity index (χ2v) is 4.21. The van der Waals surface area contributed by atoms with Gasteiger partial charge in [0, 0.05) is 7.05 Å². The van der Waals surface area contributed by atoms with Crippen LogP contribution in [0.15, 0.2) is 0 Å². The Morgan fingerprint density at radius 1 is 1.50 bits per heavy atom. The predicted molar refractivity (Wildman–Crippen MR) is 55.3 cm³/mol. The van der Waals surface area contributed by atoms with E-state index in [4.69, 9.17) is 0 Å². The number of nitrogens with zero attached hydrogens (tertiary/aromatic N) is 1. The molecule has 0 radical (unpaired) electrons. The number of hydrogen-bond acceptors (Lipinski definition) is 4. The monoisotopic (exact) mass is 225 g/mol. The molecule has 0 spiro atoms. The summed E-state index contributed by atoms with van der Waals surface area (Å²) in [5.41, 5.74) is 0. The van der Waals surface area contributed by atoms with Crippen molar-refractivity contribution in [1.29, 1.82) is 0 Å². The first-order valence-corrected chi connectivity index (χ1v) is 5.44. The molecule has 0 aliphatic carbocycles. The van der Waals surface area contributed by atoms with Gasteiger partial charge in [0.05, 0.1) is 12.5 Å². The van der Waals surface area contributed by atoms with Gasteiger partial charge in [0.1, 0.15) is 6.04 Å². The largest absolute Gasteiger partial charge is 0.342 e. The highest BCUT2D eigenvalue weighted by molar-refractivity contribution is 6.06. The summed E-state index contributed by atoms with van der Waals surface area (Å²) in [7, 11) is 1.44. The molecule has 2 aliphatic heterocycles. The fourth-order valence-electron chi connectivity index (χ4n) is 2.05. The highest BCUT2D eigenvalue weighted by Crippen LogP contribution is 2.12. The summed E-state index contributed by atoms with van der Waals surface area (Å²) in [4.78, 5) is 35.5. The number of carbonyl (C=O) groups is 3. The minimum absolute atomic E-state index is 0.0772. The number of hydrogen-bond donors (Lipinski definition) is 2. The lowest BCUT2D eigenvalue weighted by molar-refractivity contribution is -0.138. The van der Waals surface area contributed by atoms with E-state index in [9.17, 15) is 14.4 Å². The van der Waals surface area contributed by atoms with Crippen LogP contribution in [0, 0.1) is 0 Å². The first-order valence-electron chi connectivity index (χ1n) is 5.44. The predicted octanol–water partition coefficient (Wildman–Crippen LogP) is -1.39. The van der Waals surface area contributed by atoms with Crippen molar-refractivity contribution in [2.45, 2.75) is 31.3 Å². The maximum atomic E-state index is 11.7. The minimum atomic E-state index is -0.674. The van der Waals surface area contributed by atoms with E-state index in [-0.39, 0.29) is 30.2 Å². The first kappa shape index (κ1) is 11.1. The Labute approximate surface area is 93.4 Å². The van der Waals surface area contributed by atoms with Gasteiger partial charge in [-0.05, 0) is 19.4 Å². The summed E-state index contributed by atoms with van der Waals surface area (Å²) in [5, 5.41) is 5.66. The fraction of sp³-hybridized carbons (Fsp3) is 0.700. The number of rotatable bonds is 2. The third-order valence-corrected chi connectivity index (χ3v) is 3.07. The third kappa shape index (κ3) is 1.92. The second-order valence-electron chi connectivity index (χ2n) is 4.21. The molecular weight excluding hydrogens is 210 g/mol. The van der Waals surface area contributed by atoms with Gasteiger partial charge in [0.2, 0.25) is 11.8 Å². The van der Waals surface area contributed by atoms with Gasteiger partial charge < -0.3 is 10.6 Å². The van der Waals surface area contributed by atoms with E-state index < -0.39 is 6.04 Å². The average molecular weight is 225 g/mol. The Morgan fingerprint density at radius 2 is 2.25 bits per heavy atom. The van der Waals surface area contributed by atoms with Crippen LogP contribution in [0.3, 0.4) is 0 Å². The molecule has 2 aliphatic rings. The lowest BCUT2D eigenvalue weighted by atomic mass is 10.2. The van der Waals surface area contributed by atoms with Crippen molar-refractivity contribution in [3.8, 4) is 0 Å². The molecule has 2 unspecified atom stereocenters. The lowest BCUT2D eigenvalue weighted by Gasteiger charge is -2.14. The summed E-state index contributed by atoms with van der Waals surface area (Å²) in [6, 6.07) is -0.888. The molecule has 16 heavy (non-hydrogen) atoms. The van der Waals surface area contributed by atoms with Crippen molar-refractivity contribution in [2.24, 2.45) is 0 Å². The third-order valence-electron chi connectivity index (χ3n) is 3.07.